The summed E-state index contributed by atoms with van der Waals surface area (Å²) >= 11 is 0. The maximum Gasteiger partial charge on any atom is 0.243 e. The lowest BCUT2D eigenvalue weighted by molar-refractivity contribution is -0.129. The summed E-state index contributed by atoms with van der Waals surface area (Å²) < 4.78 is 41.7. The average molecular weight is 496 g/mol. The molecule has 2 rings (SSSR count). The molecule has 1 aromatic carbocycles. The first-order chi connectivity index (χ1) is 16.4. The number of ether oxygens (including phenoxy) is 3. The van der Waals surface area contributed by atoms with Crippen LogP contribution in [-0.2, 0) is 24.1 Å². The molecule has 0 saturated carbocycles. The van der Waals surface area contributed by atoms with Crippen LogP contribution < -0.4 is 10.2 Å². The van der Waals surface area contributed by atoms with Gasteiger partial charge in [-0.1, -0.05) is 31.6 Å². The van der Waals surface area contributed by atoms with Gasteiger partial charge >= 0.3 is 0 Å². The van der Waals surface area contributed by atoms with Crippen molar-refractivity contribution in [2.24, 2.45) is 5.92 Å². The fourth-order valence-corrected chi connectivity index (χ4v) is 4.83. The number of carbonyl (C=O) groups excluding carboxylic acids is 1. The summed E-state index contributed by atoms with van der Waals surface area (Å²) in [5.74, 6) is 0.600. The van der Waals surface area contributed by atoms with Gasteiger partial charge < -0.3 is 14.2 Å². The topological polar surface area (TPSA) is 111 Å². The van der Waals surface area contributed by atoms with Crippen LogP contribution in [0.5, 0.6) is 5.75 Å². The van der Waals surface area contributed by atoms with Crippen molar-refractivity contribution >= 4 is 15.7 Å². The lowest BCUT2D eigenvalue weighted by atomic mass is 9.88. The highest BCUT2D eigenvalue weighted by molar-refractivity contribution is 7.91. The molecule has 1 aliphatic carbocycles. The molecule has 0 radical (unpaired) electrons. The maximum absolute atomic E-state index is 12.5. The quantitative estimate of drug-likeness (QED) is 0.204. The van der Waals surface area contributed by atoms with Crippen LogP contribution in [-0.4, -0.2) is 58.3 Å². The van der Waals surface area contributed by atoms with Gasteiger partial charge in [-0.05, 0) is 61.4 Å². The summed E-state index contributed by atoms with van der Waals surface area (Å²) in [6.07, 6.45) is 7.51. The van der Waals surface area contributed by atoms with E-state index in [9.17, 15) is 13.2 Å². The molecular weight excluding hydrogens is 458 g/mol. The van der Waals surface area contributed by atoms with Crippen LogP contribution in [0.1, 0.15) is 46.0 Å². The number of hydroxylamine groups is 1. The molecule has 0 saturated heterocycles. The number of rotatable bonds is 16. The lowest BCUT2D eigenvalue weighted by Crippen LogP contribution is -2.18. The summed E-state index contributed by atoms with van der Waals surface area (Å²) in [4.78, 5) is 11.1. The minimum absolute atomic E-state index is 0.0264. The highest BCUT2D eigenvalue weighted by atomic mass is 32.2. The minimum Gasteiger partial charge on any atom is -0.491 e. The fraction of sp³-hybridized carbons (Fsp3) is 0.560. The summed E-state index contributed by atoms with van der Waals surface area (Å²) in [5, 5.41) is 8.40. The third kappa shape index (κ3) is 9.97. The Morgan fingerprint density at radius 3 is 2.47 bits per heavy atom. The van der Waals surface area contributed by atoms with Crippen LogP contribution in [0.25, 0.3) is 0 Å². The second-order valence-electron chi connectivity index (χ2n) is 8.32. The molecule has 1 amide bonds. The highest BCUT2D eigenvalue weighted by Crippen LogP contribution is 2.26. The number of hydrogen-bond donors (Lipinski definition) is 2. The van der Waals surface area contributed by atoms with Crippen LogP contribution in [0, 0.1) is 5.92 Å². The van der Waals surface area contributed by atoms with Crippen molar-refractivity contribution in [2.45, 2.75) is 50.8 Å². The SMILES string of the molecule is CCC1=CC=C(COCCOc2ccc(S(=O)(=O)CCCOCCCC(=O)NO)cc2)C(C)C1. The summed E-state index contributed by atoms with van der Waals surface area (Å²) in [5.41, 5.74) is 4.32. The van der Waals surface area contributed by atoms with E-state index in [0.29, 0.717) is 50.9 Å². The minimum atomic E-state index is -3.41. The van der Waals surface area contributed by atoms with Gasteiger partial charge in [-0.25, -0.2) is 13.9 Å². The van der Waals surface area contributed by atoms with Crippen molar-refractivity contribution < 1.29 is 32.6 Å². The van der Waals surface area contributed by atoms with E-state index in [0.717, 1.165) is 12.8 Å². The molecule has 0 fully saturated rings. The molecule has 0 heterocycles. The Hall–Kier alpha value is -2.20. The molecule has 2 N–H and O–H groups in total. The molecule has 0 spiro atoms. The summed E-state index contributed by atoms with van der Waals surface area (Å²) in [6.45, 7) is 6.46. The van der Waals surface area contributed by atoms with Crippen molar-refractivity contribution in [2.75, 3.05) is 38.8 Å². The highest BCUT2D eigenvalue weighted by Gasteiger charge is 2.15. The Bertz CT molecular complexity index is 923. The van der Waals surface area contributed by atoms with Crippen LogP contribution in [0.3, 0.4) is 0 Å². The van der Waals surface area contributed by atoms with Crippen molar-refractivity contribution in [3.05, 3.63) is 47.6 Å². The molecule has 190 valence electrons. The second kappa shape index (κ2) is 14.9. The molecule has 34 heavy (non-hydrogen) atoms. The average Bonchev–Trinajstić information content (AvgIpc) is 2.84. The van der Waals surface area contributed by atoms with Gasteiger partial charge in [-0.3, -0.25) is 10.0 Å². The van der Waals surface area contributed by atoms with Gasteiger partial charge in [0.15, 0.2) is 9.84 Å². The van der Waals surface area contributed by atoms with Crippen LogP contribution in [0.4, 0.5) is 0 Å². The standard InChI is InChI=1S/C25H37NO7S/c1-3-21-7-8-22(20(2)18-21)19-32-15-16-33-23-9-11-24(12-10-23)34(29,30)17-5-14-31-13-4-6-25(27)26-28/h7-12,20,28H,3-6,13-19H2,1-2H3,(H,26,27). The van der Waals surface area contributed by atoms with E-state index in [2.05, 4.69) is 26.0 Å². The first kappa shape index (κ1) is 28.0. The summed E-state index contributed by atoms with van der Waals surface area (Å²) in [7, 11) is -3.41. The Morgan fingerprint density at radius 2 is 1.79 bits per heavy atom. The Kier molecular flexibility index (Phi) is 12.3. The first-order valence-electron chi connectivity index (χ1n) is 11.8. The number of allylic oxidation sites excluding steroid dienone is 3. The van der Waals surface area contributed by atoms with E-state index < -0.39 is 15.7 Å². The van der Waals surface area contributed by atoms with E-state index in [1.165, 1.54) is 11.1 Å². The monoisotopic (exact) mass is 495 g/mol. The summed E-state index contributed by atoms with van der Waals surface area (Å²) in [6, 6.07) is 6.40. The molecule has 1 aliphatic rings. The second-order valence-corrected chi connectivity index (χ2v) is 10.4. The number of sulfone groups is 1. The molecule has 8 nitrogen and oxygen atoms in total. The zero-order valence-corrected chi connectivity index (χ0v) is 20.9. The third-order valence-electron chi connectivity index (χ3n) is 5.66. The van der Waals surface area contributed by atoms with Crippen molar-refractivity contribution in [1.29, 1.82) is 0 Å². The molecule has 9 heteroatoms. The number of benzene rings is 1. The van der Waals surface area contributed by atoms with Crippen molar-refractivity contribution in [3.63, 3.8) is 0 Å². The van der Waals surface area contributed by atoms with Gasteiger partial charge in [-0.2, -0.15) is 0 Å². The van der Waals surface area contributed by atoms with Gasteiger partial charge in [0.2, 0.25) is 5.91 Å². The van der Waals surface area contributed by atoms with Crippen molar-refractivity contribution in [3.8, 4) is 5.75 Å². The first-order valence-corrected chi connectivity index (χ1v) is 13.4. The molecule has 0 bridgehead atoms. The smallest absolute Gasteiger partial charge is 0.243 e. The Morgan fingerprint density at radius 1 is 1.06 bits per heavy atom. The van der Waals surface area contributed by atoms with Crippen LogP contribution >= 0.6 is 0 Å². The molecule has 0 aromatic heterocycles. The zero-order valence-electron chi connectivity index (χ0n) is 20.1. The lowest BCUT2D eigenvalue weighted by Gasteiger charge is -2.21. The molecule has 1 aromatic rings. The predicted octanol–water partition coefficient (Wildman–Crippen LogP) is 3.85. The number of nitrogens with one attached hydrogen (secondary N) is 1. The van der Waals surface area contributed by atoms with E-state index in [1.54, 1.807) is 29.7 Å². The third-order valence-corrected chi connectivity index (χ3v) is 7.47. The van der Waals surface area contributed by atoms with Gasteiger partial charge in [-0.15, -0.1) is 0 Å². The van der Waals surface area contributed by atoms with Gasteiger partial charge in [0.05, 0.1) is 23.9 Å². The van der Waals surface area contributed by atoms with Gasteiger partial charge in [0.25, 0.3) is 0 Å². The predicted molar refractivity (Wildman–Crippen MR) is 130 cm³/mol. The van der Waals surface area contributed by atoms with Gasteiger partial charge in [0.1, 0.15) is 12.4 Å². The Balaban J connectivity index is 1.63. The van der Waals surface area contributed by atoms with Crippen molar-refractivity contribution in [1.82, 2.24) is 5.48 Å². The Labute approximate surface area is 202 Å². The van der Waals surface area contributed by atoms with E-state index in [4.69, 9.17) is 19.4 Å². The largest absolute Gasteiger partial charge is 0.491 e. The van der Waals surface area contributed by atoms with E-state index in [1.807, 2.05) is 0 Å². The van der Waals surface area contributed by atoms with E-state index in [-0.39, 0.29) is 23.7 Å². The maximum atomic E-state index is 12.5. The fourth-order valence-electron chi connectivity index (χ4n) is 3.55. The molecule has 1 atom stereocenters. The van der Waals surface area contributed by atoms with Crippen LogP contribution in [0.2, 0.25) is 0 Å². The molecular formula is C25H37NO7S. The molecule has 1 unspecified atom stereocenters. The number of hydrogen-bond acceptors (Lipinski definition) is 7. The van der Waals surface area contributed by atoms with Gasteiger partial charge in [0, 0.05) is 19.6 Å². The van der Waals surface area contributed by atoms with Crippen LogP contribution in [0.15, 0.2) is 52.5 Å². The normalized spacial score (nSPS) is 16.0. The van der Waals surface area contributed by atoms with E-state index >= 15 is 0 Å². The number of carbonyl (C=O) groups is 1. The zero-order chi connectivity index (χ0) is 24.8. The molecule has 0 aliphatic heterocycles. The number of amides is 1.